The maximum Gasteiger partial charge on any atom is 0.254 e. The molecule has 0 unspecified atom stereocenters. The van der Waals surface area contributed by atoms with Crippen molar-refractivity contribution < 1.29 is 4.79 Å². The summed E-state index contributed by atoms with van der Waals surface area (Å²) in [4.78, 5) is 16.3. The van der Waals surface area contributed by atoms with Crippen molar-refractivity contribution in [1.82, 2.24) is 15.1 Å². The van der Waals surface area contributed by atoms with Crippen LogP contribution in [0.1, 0.15) is 10.4 Å². The molecule has 0 aromatic carbocycles. The Morgan fingerprint density at radius 1 is 1.56 bits per heavy atom. The number of piperazine rings is 1. The number of rotatable bonds is 4. The van der Waals surface area contributed by atoms with Crippen LogP contribution in [0.4, 0.5) is 0 Å². The summed E-state index contributed by atoms with van der Waals surface area (Å²) >= 11 is 4.93. The van der Waals surface area contributed by atoms with E-state index >= 15 is 0 Å². The molecule has 18 heavy (non-hydrogen) atoms. The van der Waals surface area contributed by atoms with Crippen LogP contribution in [0.5, 0.6) is 0 Å². The van der Waals surface area contributed by atoms with E-state index in [1.54, 1.807) is 16.2 Å². The Hall–Kier alpha value is -0.430. The van der Waals surface area contributed by atoms with Crippen molar-refractivity contribution in [3.8, 4) is 0 Å². The first-order valence-electron chi connectivity index (χ1n) is 6.09. The Balaban J connectivity index is 1.80. The van der Waals surface area contributed by atoms with Gasteiger partial charge in [0, 0.05) is 51.7 Å². The second-order valence-corrected chi connectivity index (χ2v) is 6.75. The second-order valence-electron chi connectivity index (χ2n) is 4.46. The van der Waals surface area contributed by atoms with Gasteiger partial charge in [-0.2, -0.15) is 0 Å². The lowest BCUT2D eigenvalue weighted by molar-refractivity contribution is 0.0775. The van der Waals surface area contributed by atoms with E-state index in [4.69, 9.17) is 0 Å². The molecular formula is C12H18BrN3OS. The first-order chi connectivity index (χ1) is 8.66. The fourth-order valence-electron chi connectivity index (χ4n) is 1.97. The maximum absolute atomic E-state index is 12.1. The summed E-state index contributed by atoms with van der Waals surface area (Å²) in [7, 11) is 1.87. The van der Waals surface area contributed by atoms with E-state index in [0.29, 0.717) is 0 Å². The number of nitrogens with zero attached hydrogens (tertiary/aromatic N) is 2. The smallest absolute Gasteiger partial charge is 0.254 e. The predicted molar refractivity (Wildman–Crippen MR) is 78.3 cm³/mol. The lowest BCUT2D eigenvalue weighted by Gasteiger charge is -2.29. The molecule has 1 N–H and O–H groups in total. The number of thiophene rings is 1. The van der Waals surface area contributed by atoms with Gasteiger partial charge < -0.3 is 10.2 Å². The molecule has 6 heteroatoms. The molecule has 1 fully saturated rings. The molecule has 1 aromatic heterocycles. The number of amides is 1. The summed E-state index contributed by atoms with van der Waals surface area (Å²) in [6, 6.07) is 1.88. The number of halogens is 1. The highest BCUT2D eigenvalue weighted by Crippen LogP contribution is 2.21. The largest absolute Gasteiger partial charge is 0.340 e. The number of likely N-dealkylation sites (N-methyl/N-ethyl adjacent to an activating group) is 1. The normalized spacial score (nSPS) is 16.8. The van der Waals surface area contributed by atoms with E-state index in [1.807, 2.05) is 18.5 Å². The third-order valence-corrected chi connectivity index (χ3v) is 4.63. The zero-order valence-electron chi connectivity index (χ0n) is 10.5. The second kappa shape index (κ2) is 6.65. The number of hydrogen-bond acceptors (Lipinski definition) is 4. The molecule has 1 aliphatic heterocycles. The highest BCUT2D eigenvalue weighted by Gasteiger charge is 2.15. The van der Waals surface area contributed by atoms with Crippen molar-refractivity contribution in [2.24, 2.45) is 0 Å². The molecule has 1 aromatic rings. The third kappa shape index (κ3) is 3.78. The number of nitrogens with one attached hydrogen (secondary N) is 1. The molecule has 0 aliphatic carbocycles. The molecule has 4 nitrogen and oxygen atoms in total. The predicted octanol–water partition coefficient (Wildman–Crippen LogP) is 1.49. The van der Waals surface area contributed by atoms with Crippen LogP contribution in [0, 0.1) is 0 Å². The standard InChI is InChI=1S/C12H18BrN3OS/c1-15(6-7-16-4-2-14-3-5-16)12(17)10-8-11(13)18-9-10/h8-9,14H,2-7H2,1H3. The minimum Gasteiger partial charge on any atom is -0.340 e. The fourth-order valence-corrected chi connectivity index (χ4v) is 3.10. The van der Waals surface area contributed by atoms with Gasteiger partial charge >= 0.3 is 0 Å². The SMILES string of the molecule is CN(CCN1CCNCC1)C(=O)c1csc(Br)c1. The van der Waals surface area contributed by atoms with Gasteiger partial charge in [-0.3, -0.25) is 9.69 Å². The Morgan fingerprint density at radius 3 is 2.89 bits per heavy atom. The van der Waals surface area contributed by atoms with Gasteiger partial charge in [-0.05, 0) is 22.0 Å². The molecule has 1 saturated heterocycles. The van der Waals surface area contributed by atoms with Crippen molar-refractivity contribution in [3.05, 3.63) is 20.8 Å². The van der Waals surface area contributed by atoms with Gasteiger partial charge in [0.1, 0.15) is 0 Å². The molecular weight excluding hydrogens is 314 g/mol. The van der Waals surface area contributed by atoms with E-state index in [2.05, 4.69) is 26.1 Å². The minimum absolute atomic E-state index is 0.104. The number of carbonyl (C=O) groups is 1. The van der Waals surface area contributed by atoms with Crippen molar-refractivity contribution in [2.75, 3.05) is 46.3 Å². The van der Waals surface area contributed by atoms with Crippen LogP contribution < -0.4 is 5.32 Å². The molecule has 0 radical (unpaired) electrons. The van der Waals surface area contributed by atoms with E-state index < -0.39 is 0 Å². The summed E-state index contributed by atoms with van der Waals surface area (Å²) in [5, 5.41) is 5.22. The van der Waals surface area contributed by atoms with Crippen LogP contribution in [-0.4, -0.2) is 62.0 Å². The molecule has 100 valence electrons. The average Bonchev–Trinajstić information content (AvgIpc) is 2.83. The molecule has 1 amide bonds. The highest BCUT2D eigenvalue weighted by molar-refractivity contribution is 9.11. The van der Waals surface area contributed by atoms with Gasteiger partial charge in [0.2, 0.25) is 0 Å². The molecule has 0 atom stereocenters. The van der Waals surface area contributed by atoms with Crippen molar-refractivity contribution >= 4 is 33.2 Å². The van der Waals surface area contributed by atoms with Crippen LogP contribution in [0.25, 0.3) is 0 Å². The quantitative estimate of drug-likeness (QED) is 0.907. The van der Waals surface area contributed by atoms with Gasteiger partial charge in [-0.25, -0.2) is 0 Å². The summed E-state index contributed by atoms with van der Waals surface area (Å²) in [5.74, 6) is 0.104. The zero-order valence-corrected chi connectivity index (χ0v) is 12.9. The first kappa shape index (κ1) is 14.0. The Morgan fingerprint density at radius 2 is 2.28 bits per heavy atom. The third-order valence-electron chi connectivity index (χ3n) is 3.12. The van der Waals surface area contributed by atoms with Crippen LogP contribution in [0.2, 0.25) is 0 Å². The summed E-state index contributed by atoms with van der Waals surface area (Å²) in [6.45, 7) is 5.99. The minimum atomic E-state index is 0.104. The van der Waals surface area contributed by atoms with E-state index in [0.717, 1.165) is 48.6 Å². The molecule has 2 heterocycles. The first-order valence-corrected chi connectivity index (χ1v) is 7.76. The van der Waals surface area contributed by atoms with Gasteiger partial charge in [-0.15, -0.1) is 11.3 Å². The van der Waals surface area contributed by atoms with Crippen molar-refractivity contribution in [3.63, 3.8) is 0 Å². The molecule has 2 rings (SSSR count). The van der Waals surface area contributed by atoms with Crippen molar-refractivity contribution in [1.29, 1.82) is 0 Å². The number of carbonyl (C=O) groups excluding carboxylic acids is 1. The highest BCUT2D eigenvalue weighted by atomic mass is 79.9. The lowest BCUT2D eigenvalue weighted by Crippen LogP contribution is -2.46. The van der Waals surface area contributed by atoms with E-state index in [-0.39, 0.29) is 5.91 Å². The summed E-state index contributed by atoms with van der Waals surface area (Å²) in [5.41, 5.74) is 0.773. The average molecular weight is 332 g/mol. The van der Waals surface area contributed by atoms with Crippen LogP contribution in [0.3, 0.4) is 0 Å². The monoisotopic (exact) mass is 331 g/mol. The molecule has 0 spiro atoms. The Bertz CT molecular complexity index is 404. The van der Waals surface area contributed by atoms with Gasteiger partial charge in [0.05, 0.1) is 9.35 Å². The van der Waals surface area contributed by atoms with Gasteiger partial charge in [-0.1, -0.05) is 0 Å². The topological polar surface area (TPSA) is 35.6 Å². The van der Waals surface area contributed by atoms with Crippen LogP contribution >= 0.6 is 27.3 Å². The summed E-state index contributed by atoms with van der Waals surface area (Å²) in [6.07, 6.45) is 0. The van der Waals surface area contributed by atoms with Crippen molar-refractivity contribution in [2.45, 2.75) is 0 Å². The zero-order chi connectivity index (χ0) is 13.0. The maximum atomic E-state index is 12.1. The summed E-state index contributed by atoms with van der Waals surface area (Å²) < 4.78 is 1.00. The fraction of sp³-hybridized carbons (Fsp3) is 0.583. The van der Waals surface area contributed by atoms with E-state index in [9.17, 15) is 4.79 Å². The van der Waals surface area contributed by atoms with E-state index in [1.165, 1.54) is 0 Å². The van der Waals surface area contributed by atoms with Crippen LogP contribution in [-0.2, 0) is 0 Å². The lowest BCUT2D eigenvalue weighted by atomic mass is 10.3. The van der Waals surface area contributed by atoms with Crippen LogP contribution in [0.15, 0.2) is 15.2 Å². The molecule has 0 bridgehead atoms. The Labute approximate surface area is 120 Å². The van der Waals surface area contributed by atoms with Gasteiger partial charge in [0.15, 0.2) is 0 Å². The molecule has 0 saturated carbocycles. The van der Waals surface area contributed by atoms with Gasteiger partial charge in [0.25, 0.3) is 5.91 Å². The Kier molecular flexibility index (Phi) is 5.17. The molecule has 1 aliphatic rings. The number of hydrogen-bond donors (Lipinski definition) is 1.